The molecule has 0 saturated carbocycles. The van der Waals surface area contributed by atoms with Gasteiger partial charge in [0.2, 0.25) is 0 Å². The number of aromatic nitrogens is 1. The highest BCUT2D eigenvalue weighted by Crippen LogP contribution is 2.27. The van der Waals surface area contributed by atoms with Gasteiger partial charge in [0.15, 0.2) is 0 Å². The quantitative estimate of drug-likeness (QED) is 0.723. The van der Waals surface area contributed by atoms with Crippen molar-refractivity contribution in [3.05, 3.63) is 48.2 Å². The van der Waals surface area contributed by atoms with Crippen LogP contribution in [0.4, 0.5) is 0 Å². The van der Waals surface area contributed by atoms with E-state index in [4.69, 9.17) is 4.74 Å². The monoisotopic (exact) mass is 211 g/mol. The van der Waals surface area contributed by atoms with Crippen LogP contribution in [0.1, 0.15) is 12.0 Å². The summed E-state index contributed by atoms with van der Waals surface area (Å²) in [4.78, 5) is 4.38. The van der Waals surface area contributed by atoms with Crippen LogP contribution in [0.5, 0.6) is 0 Å². The first kappa shape index (κ1) is 9.55. The fourth-order valence-corrected chi connectivity index (χ4v) is 2.15. The van der Waals surface area contributed by atoms with Gasteiger partial charge >= 0.3 is 0 Å². The molecule has 0 radical (unpaired) electrons. The van der Waals surface area contributed by atoms with Gasteiger partial charge in [-0.2, -0.15) is 0 Å². The molecule has 1 aromatic heterocycles. The molecule has 0 amide bonds. The van der Waals surface area contributed by atoms with Gasteiger partial charge in [-0.1, -0.05) is 24.3 Å². The fraction of sp³-hybridized carbons (Fsp3) is 0.214. The van der Waals surface area contributed by atoms with Gasteiger partial charge in [0.1, 0.15) is 0 Å². The summed E-state index contributed by atoms with van der Waals surface area (Å²) in [5.41, 5.74) is 3.74. The maximum Gasteiger partial charge on any atom is 0.0708 e. The molecule has 1 aromatic carbocycles. The minimum absolute atomic E-state index is 0.728. The van der Waals surface area contributed by atoms with Crippen LogP contribution < -0.4 is 0 Å². The molecule has 0 aliphatic carbocycles. The van der Waals surface area contributed by atoms with Crippen molar-refractivity contribution in [1.82, 2.24) is 4.98 Å². The third-order valence-electron chi connectivity index (χ3n) is 2.96. The topological polar surface area (TPSA) is 22.1 Å². The van der Waals surface area contributed by atoms with Gasteiger partial charge in [-0.15, -0.1) is 0 Å². The highest BCUT2D eigenvalue weighted by Gasteiger charge is 2.09. The first-order chi connectivity index (χ1) is 7.95. The Balaban J connectivity index is 2.19. The molecule has 0 fully saturated rings. The van der Waals surface area contributed by atoms with Crippen molar-refractivity contribution in [3.8, 4) is 0 Å². The Hall–Kier alpha value is -1.67. The largest absolute Gasteiger partial charge is 0.377 e. The van der Waals surface area contributed by atoms with E-state index in [1.165, 1.54) is 16.5 Å². The van der Waals surface area contributed by atoms with Gasteiger partial charge in [0.05, 0.1) is 18.7 Å². The molecule has 0 unspecified atom stereocenters. The van der Waals surface area contributed by atoms with Gasteiger partial charge < -0.3 is 4.74 Å². The van der Waals surface area contributed by atoms with E-state index in [0.29, 0.717) is 0 Å². The summed E-state index contributed by atoms with van der Waals surface area (Å²) in [5.74, 6) is 0. The van der Waals surface area contributed by atoms with Gasteiger partial charge in [0, 0.05) is 11.6 Å². The number of hydrogen-bond acceptors (Lipinski definition) is 2. The van der Waals surface area contributed by atoms with Gasteiger partial charge in [-0.05, 0) is 29.7 Å². The van der Waals surface area contributed by atoms with Crippen LogP contribution >= 0.6 is 0 Å². The van der Waals surface area contributed by atoms with Crippen LogP contribution in [0, 0.1) is 0 Å². The molecule has 0 atom stereocenters. The number of nitrogens with zero attached hydrogens (tertiary/aromatic N) is 1. The zero-order valence-corrected chi connectivity index (χ0v) is 9.02. The van der Waals surface area contributed by atoms with Crippen molar-refractivity contribution in [2.24, 2.45) is 0 Å². The SMILES string of the molecule is C1=C(c2ccnc3ccccc23)CCOC1. The number of ether oxygens (including phenoxy) is 1. The Bertz CT molecular complexity index is 540. The van der Waals surface area contributed by atoms with Crippen molar-refractivity contribution >= 4 is 16.5 Å². The average molecular weight is 211 g/mol. The second-order valence-electron chi connectivity index (χ2n) is 3.93. The molecule has 0 spiro atoms. The van der Waals surface area contributed by atoms with Crippen LogP contribution in [-0.4, -0.2) is 18.2 Å². The van der Waals surface area contributed by atoms with E-state index in [1.807, 2.05) is 12.3 Å². The molecule has 80 valence electrons. The molecule has 0 saturated heterocycles. The molecule has 2 heteroatoms. The number of rotatable bonds is 1. The van der Waals surface area contributed by atoms with Crippen LogP contribution in [0.2, 0.25) is 0 Å². The third kappa shape index (κ3) is 1.61. The molecule has 1 aliphatic rings. The Morgan fingerprint density at radius 1 is 1.12 bits per heavy atom. The molecule has 2 aromatic rings. The van der Waals surface area contributed by atoms with Crippen molar-refractivity contribution in [3.63, 3.8) is 0 Å². The molecular formula is C14H13NO. The maximum absolute atomic E-state index is 5.34. The van der Waals surface area contributed by atoms with Crippen LogP contribution in [-0.2, 0) is 4.74 Å². The lowest BCUT2D eigenvalue weighted by Crippen LogP contribution is -2.04. The van der Waals surface area contributed by atoms with E-state index in [2.05, 4.69) is 35.3 Å². The highest BCUT2D eigenvalue weighted by molar-refractivity contribution is 5.91. The third-order valence-corrected chi connectivity index (χ3v) is 2.96. The van der Waals surface area contributed by atoms with Crippen molar-refractivity contribution in [1.29, 1.82) is 0 Å². The molecule has 16 heavy (non-hydrogen) atoms. The van der Waals surface area contributed by atoms with Crippen LogP contribution in [0.3, 0.4) is 0 Å². The first-order valence-electron chi connectivity index (χ1n) is 5.56. The van der Waals surface area contributed by atoms with E-state index in [1.54, 1.807) is 0 Å². The number of benzene rings is 1. The zero-order chi connectivity index (χ0) is 10.8. The molecule has 0 bridgehead atoms. The maximum atomic E-state index is 5.34. The van der Waals surface area contributed by atoms with E-state index in [0.717, 1.165) is 25.2 Å². The van der Waals surface area contributed by atoms with Gasteiger partial charge in [-0.3, -0.25) is 4.98 Å². The number of para-hydroxylation sites is 1. The smallest absolute Gasteiger partial charge is 0.0708 e. The van der Waals surface area contributed by atoms with Crippen LogP contribution in [0.15, 0.2) is 42.6 Å². The van der Waals surface area contributed by atoms with E-state index < -0.39 is 0 Å². The Morgan fingerprint density at radius 2 is 2.06 bits per heavy atom. The zero-order valence-electron chi connectivity index (χ0n) is 9.02. The summed E-state index contributed by atoms with van der Waals surface area (Å²) in [6, 6.07) is 10.4. The Kier molecular flexibility index (Phi) is 2.43. The summed E-state index contributed by atoms with van der Waals surface area (Å²) in [6.07, 6.45) is 5.05. The van der Waals surface area contributed by atoms with E-state index in [-0.39, 0.29) is 0 Å². The van der Waals surface area contributed by atoms with Crippen molar-refractivity contribution < 1.29 is 4.74 Å². The predicted molar refractivity (Wildman–Crippen MR) is 65.2 cm³/mol. The minimum Gasteiger partial charge on any atom is -0.377 e. The summed E-state index contributed by atoms with van der Waals surface area (Å²) in [5, 5.41) is 1.23. The standard InChI is InChI=1S/C14H13NO/c1-2-4-14-13(3-1)12(5-8-15-14)11-6-9-16-10-7-11/h1-6,8H,7,9-10H2. The lowest BCUT2D eigenvalue weighted by Gasteiger charge is -2.15. The lowest BCUT2D eigenvalue weighted by molar-refractivity contribution is 0.161. The first-order valence-corrected chi connectivity index (χ1v) is 5.56. The molecule has 0 N–H and O–H groups in total. The van der Waals surface area contributed by atoms with Crippen molar-refractivity contribution in [2.75, 3.05) is 13.2 Å². The summed E-state index contributed by atoms with van der Waals surface area (Å²) < 4.78 is 5.34. The molecule has 2 nitrogen and oxygen atoms in total. The van der Waals surface area contributed by atoms with E-state index >= 15 is 0 Å². The normalized spacial score (nSPS) is 16.1. The minimum atomic E-state index is 0.728. The predicted octanol–water partition coefficient (Wildman–Crippen LogP) is 3.04. The lowest BCUT2D eigenvalue weighted by atomic mass is 9.98. The fourth-order valence-electron chi connectivity index (χ4n) is 2.15. The second kappa shape index (κ2) is 4.06. The molecule has 3 rings (SSSR count). The number of hydrogen-bond donors (Lipinski definition) is 0. The van der Waals surface area contributed by atoms with Gasteiger partial charge in [0.25, 0.3) is 0 Å². The van der Waals surface area contributed by atoms with E-state index in [9.17, 15) is 0 Å². The van der Waals surface area contributed by atoms with Crippen molar-refractivity contribution in [2.45, 2.75) is 6.42 Å². The number of pyridine rings is 1. The molecule has 2 heterocycles. The molecule has 1 aliphatic heterocycles. The Labute approximate surface area is 94.6 Å². The summed E-state index contributed by atoms with van der Waals surface area (Å²) in [7, 11) is 0. The van der Waals surface area contributed by atoms with Crippen LogP contribution in [0.25, 0.3) is 16.5 Å². The van der Waals surface area contributed by atoms with Gasteiger partial charge in [-0.25, -0.2) is 0 Å². The second-order valence-corrected chi connectivity index (χ2v) is 3.93. The summed E-state index contributed by atoms with van der Waals surface area (Å²) in [6.45, 7) is 1.55. The summed E-state index contributed by atoms with van der Waals surface area (Å²) >= 11 is 0. The average Bonchev–Trinajstić information content (AvgIpc) is 2.39. The number of fused-ring (bicyclic) bond motifs is 1. The highest BCUT2D eigenvalue weighted by atomic mass is 16.5. The molecular weight excluding hydrogens is 198 g/mol. The Morgan fingerprint density at radius 3 is 2.94 bits per heavy atom.